The summed E-state index contributed by atoms with van der Waals surface area (Å²) in [4.78, 5) is 2.62. The van der Waals surface area contributed by atoms with Crippen molar-refractivity contribution in [1.82, 2.24) is 0 Å². The molecule has 1 atom stereocenters. The van der Waals surface area contributed by atoms with Crippen molar-refractivity contribution in [3.8, 4) is 0 Å². The number of hydrogen-bond donors (Lipinski definition) is 0. The zero-order chi connectivity index (χ0) is 10.6. The molecule has 1 aromatic rings. The predicted octanol–water partition coefficient (Wildman–Crippen LogP) is 3.73. The molecule has 74 valence electrons. The molecule has 0 fully saturated rings. The molecule has 5 heteroatoms. The Morgan fingerprint density at radius 1 is 1.36 bits per heavy atom. The van der Waals surface area contributed by atoms with Gasteiger partial charge in [-0.15, -0.1) is 0 Å². The van der Waals surface area contributed by atoms with Crippen LogP contribution in [0.15, 0.2) is 23.3 Å². The van der Waals surface area contributed by atoms with Crippen molar-refractivity contribution in [2.75, 3.05) is 0 Å². The van der Waals surface area contributed by atoms with Gasteiger partial charge in [0.15, 0.2) is 0 Å². The molecular weight excluding hydrogens is 188 g/mol. The third-order valence-corrected chi connectivity index (χ3v) is 1.85. The maximum Gasteiger partial charge on any atom is 0.126 e. The van der Waals surface area contributed by atoms with Crippen LogP contribution in [-0.4, -0.2) is 0 Å². The molecule has 1 rings (SSSR count). The average Bonchev–Trinajstić information content (AvgIpc) is 2.12. The van der Waals surface area contributed by atoms with Gasteiger partial charge in [-0.25, -0.2) is 8.78 Å². The summed E-state index contributed by atoms with van der Waals surface area (Å²) < 4.78 is 25.6. The smallest absolute Gasteiger partial charge is 0.126 e. The highest BCUT2D eigenvalue weighted by atomic mass is 19.1. The second-order valence-corrected chi connectivity index (χ2v) is 2.83. The van der Waals surface area contributed by atoms with E-state index in [2.05, 4.69) is 10.0 Å². The third-order valence-electron chi connectivity index (χ3n) is 1.85. The summed E-state index contributed by atoms with van der Waals surface area (Å²) in [7, 11) is 0. The minimum absolute atomic E-state index is 0.364. The molecule has 0 saturated carbocycles. The van der Waals surface area contributed by atoms with Crippen molar-refractivity contribution in [2.24, 2.45) is 5.11 Å². The minimum Gasteiger partial charge on any atom is -0.207 e. The zero-order valence-electron chi connectivity index (χ0n) is 7.61. The van der Waals surface area contributed by atoms with Crippen molar-refractivity contribution in [3.63, 3.8) is 0 Å². The first-order chi connectivity index (χ1) is 6.67. The summed E-state index contributed by atoms with van der Waals surface area (Å²) in [6.45, 7) is 1.78. The Labute approximate surface area is 80.0 Å². The van der Waals surface area contributed by atoms with Gasteiger partial charge in [0.2, 0.25) is 0 Å². The molecule has 1 unspecified atom stereocenters. The van der Waals surface area contributed by atoms with Crippen LogP contribution in [-0.2, 0) is 0 Å². The Hall–Kier alpha value is -1.61. The van der Waals surface area contributed by atoms with E-state index in [1.807, 2.05) is 0 Å². The van der Waals surface area contributed by atoms with Gasteiger partial charge in [0.1, 0.15) is 11.6 Å². The zero-order valence-corrected chi connectivity index (χ0v) is 7.61. The second kappa shape index (κ2) is 4.58. The number of halogens is 2. The van der Waals surface area contributed by atoms with Crippen molar-refractivity contribution < 1.29 is 8.78 Å². The van der Waals surface area contributed by atoms with Crippen molar-refractivity contribution in [1.29, 1.82) is 0 Å². The fourth-order valence-corrected chi connectivity index (χ4v) is 1.21. The van der Waals surface area contributed by atoms with Crippen LogP contribution in [0.1, 0.15) is 24.9 Å². The van der Waals surface area contributed by atoms with Gasteiger partial charge in [0.05, 0.1) is 6.04 Å². The maximum atomic E-state index is 12.8. The highest BCUT2D eigenvalue weighted by molar-refractivity contribution is 5.21. The molecule has 3 nitrogen and oxygen atoms in total. The highest BCUT2D eigenvalue weighted by Gasteiger charge is 2.09. The first-order valence-electron chi connectivity index (χ1n) is 4.17. The topological polar surface area (TPSA) is 48.8 Å². The van der Waals surface area contributed by atoms with Gasteiger partial charge in [-0.05, 0) is 29.6 Å². The summed E-state index contributed by atoms with van der Waals surface area (Å²) in [5.74, 6) is -1.32. The van der Waals surface area contributed by atoms with Crippen LogP contribution >= 0.6 is 0 Å². The van der Waals surface area contributed by atoms with E-state index < -0.39 is 17.7 Å². The predicted molar refractivity (Wildman–Crippen MR) is 48.5 cm³/mol. The van der Waals surface area contributed by atoms with Gasteiger partial charge >= 0.3 is 0 Å². The van der Waals surface area contributed by atoms with Crippen molar-refractivity contribution >= 4 is 0 Å². The summed E-state index contributed by atoms with van der Waals surface area (Å²) in [5, 5.41) is 3.44. The Morgan fingerprint density at radius 3 is 2.36 bits per heavy atom. The number of benzene rings is 1. The van der Waals surface area contributed by atoms with E-state index in [-0.39, 0.29) is 0 Å². The highest BCUT2D eigenvalue weighted by Crippen LogP contribution is 2.22. The van der Waals surface area contributed by atoms with E-state index in [0.29, 0.717) is 12.0 Å². The molecule has 0 heterocycles. The molecule has 0 bridgehead atoms. The molecule has 0 aromatic heterocycles. The van der Waals surface area contributed by atoms with Crippen LogP contribution in [0.4, 0.5) is 8.78 Å². The standard InChI is InChI=1S/C9H9F2N3/c1-2-9(13-14-12)6-3-7(10)5-8(11)4-6/h3-5,9H,2H2,1H3. The fourth-order valence-electron chi connectivity index (χ4n) is 1.21. The number of azide groups is 1. The second-order valence-electron chi connectivity index (χ2n) is 2.83. The largest absolute Gasteiger partial charge is 0.207 e. The summed E-state index contributed by atoms with van der Waals surface area (Å²) >= 11 is 0. The molecule has 0 spiro atoms. The first-order valence-corrected chi connectivity index (χ1v) is 4.17. The van der Waals surface area contributed by atoms with E-state index in [1.54, 1.807) is 6.92 Å². The number of nitrogens with zero attached hydrogens (tertiary/aromatic N) is 3. The summed E-state index contributed by atoms with van der Waals surface area (Å²) in [6.07, 6.45) is 0.507. The Morgan fingerprint density at radius 2 is 1.93 bits per heavy atom. The lowest BCUT2D eigenvalue weighted by molar-refractivity contribution is 0.571. The van der Waals surface area contributed by atoms with Gasteiger partial charge in [-0.3, -0.25) is 0 Å². The van der Waals surface area contributed by atoms with E-state index in [0.717, 1.165) is 6.07 Å². The Balaban J connectivity index is 3.09. The molecule has 0 saturated heterocycles. The maximum absolute atomic E-state index is 12.8. The van der Waals surface area contributed by atoms with E-state index in [1.165, 1.54) is 12.1 Å². The van der Waals surface area contributed by atoms with Crippen molar-refractivity contribution in [2.45, 2.75) is 19.4 Å². The van der Waals surface area contributed by atoms with Crippen LogP contribution in [0, 0.1) is 11.6 Å². The van der Waals surface area contributed by atoms with Crippen LogP contribution < -0.4 is 0 Å². The van der Waals surface area contributed by atoms with Crippen LogP contribution in [0.2, 0.25) is 0 Å². The Kier molecular flexibility index (Phi) is 3.42. The average molecular weight is 197 g/mol. The van der Waals surface area contributed by atoms with E-state index in [9.17, 15) is 8.78 Å². The lowest BCUT2D eigenvalue weighted by Crippen LogP contribution is -1.94. The third kappa shape index (κ3) is 2.44. The summed E-state index contributed by atoms with van der Waals surface area (Å²) in [5.41, 5.74) is 8.60. The molecule has 0 aliphatic rings. The lowest BCUT2D eigenvalue weighted by atomic mass is 10.1. The van der Waals surface area contributed by atoms with E-state index in [4.69, 9.17) is 5.53 Å². The monoisotopic (exact) mass is 197 g/mol. The van der Waals surface area contributed by atoms with Gasteiger partial charge in [0, 0.05) is 11.0 Å². The minimum atomic E-state index is -0.661. The summed E-state index contributed by atoms with van der Waals surface area (Å²) in [6, 6.07) is 2.62. The molecule has 1 aromatic carbocycles. The quantitative estimate of drug-likeness (QED) is 0.402. The molecule has 0 amide bonds. The van der Waals surface area contributed by atoms with Gasteiger partial charge in [-0.1, -0.05) is 12.0 Å². The first kappa shape index (κ1) is 10.5. The molecule has 0 aliphatic heterocycles. The molecule has 14 heavy (non-hydrogen) atoms. The molecule has 0 aliphatic carbocycles. The van der Waals surface area contributed by atoms with E-state index >= 15 is 0 Å². The molecule has 0 radical (unpaired) electrons. The van der Waals surface area contributed by atoms with Crippen LogP contribution in [0.25, 0.3) is 10.4 Å². The number of hydrogen-bond acceptors (Lipinski definition) is 1. The normalized spacial score (nSPS) is 11.9. The van der Waals surface area contributed by atoms with Crippen molar-refractivity contribution in [3.05, 3.63) is 45.8 Å². The molecule has 0 N–H and O–H groups in total. The molecular formula is C9H9F2N3. The number of rotatable bonds is 3. The fraction of sp³-hybridized carbons (Fsp3) is 0.333. The van der Waals surface area contributed by atoms with Gasteiger partial charge < -0.3 is 0 Å². The van der Waals surface area contributed by atoms with Crippen LogP contribution in [0.3, 0.4) is 0 Å². The van der Waals surface area contributed by atoms with Gasteiger partial charge in [-0.2, -0.15) is 0 Å². The van der Waals surface area contributed by atoms with Gasteiger partial charge in [0.25, 0.3) is 0 Å². The SMILES string of the molecule is CCC(N=[N+]=[N-])c1cc(F)cc(F)c1. The lowest BCUT2D eigenvalue weighted by Gasteiger charge is -2.08. The Bertz CT molecular complexity index is 352. The van der Waals surface area contributed by atoms with Crippen LogP contribution in [0.5, 0.6) is 0 Å².